The average Bonchev–Trinajstić information content (AvgIpc) is 3.31. The molecule has 0 aliphatic rings. The zero-order valence-corrected chi connectivity index (χ0v) is 18.4. The molecule has 26 heavy (non-hydrogen) atoms. The van der Waals surface area contributed by atoms with E-state index < -0.39 is 0 Å². The Bertz CT molecular complexity index is 863. The van der Waals surface area contributed by atoms with Crippen molar-refractivity contribution in [2.45, 2.75) is 29.4 Å². The lowest BCUT2D eigenvalue weighted by molar-refractivity contribution is 1.32. The highest BCUT2D eigenvalue weighted by Crippen LogP contribution is 2.48. The van der Waals surface area contributed by atoms with Crippen molar-refractivity contribution in [1.29, 1.82) is 0 Å². The van der Waals surface area contributed by atoms with Crippen molar-refractivity contribution in [3.05, 3.63) is 82.2 Å². The van der Waals surface area contributed by atoms with E-state index >= 15 is 0 Å². The van der Waals surface area contributed by atoms with Crippen molar-refractivity contribution in [1.82, 2.24) is 0 Å². The zero-order valence-electron chi connectivity index (χ0n) is 13.5. The van der Waals surface area contributed by atoms with E-state index in [1.165, 1.54) is 29.4 Å². The van der Waals surface area contributed by atoms with Crippen LogP contribution in [0.25, 0.3) is 0 Å². The fourth-order valence-corrected chi connectivity index (χ4v) is 9.42. The minimum Gasteiger partial charge on any atom is -0.150 e. The van der Waals surface area contributed by atoms with Gasteiger partial charge in [-0.05, 0) is 24.3 Å². The Balaban J connectivity index is 1.43. The Morgan fingerprint density at radius 3 is 1.27 bits per heavy atom. The van der Waals surface area contributed by atoms with E-state index in [1.54, 1.807) is 22.7 Å². The predicted octanol–water partition coefficient (Wildman–Crippen LogP) is 8.91. The van der Waals surface area contributed by atoms with Gasteiger partial charge in [-0.3, -0.25) is 0 Å². The summed E-state index contributed by atoms with van der Waals surface area (Å²) in [5, 5.41) is 8.99. The molecule has 2 heterocycles. The monoisotopic (exact) mass is 446 g/mol. The first-order valence-corrected chi connectivity index (χ1v) is 13.5. The number of thiophene rings is 2. The maximum Gasteiger partial charge on any atom is 0.0433 e. The van der Waals surface area contributed by atoms with Crippen molar-refractivity contribution < 1.29 is 0 Å². The van der Waals surface area contributed by atoms with Crippen LogP contribution in [-0.4, -0.2) is 0 Å². The van der Waals surface area contributed by atoms with Crippen LogP contribution in [0, 0.1) is 0 Å². The van der Waals surface area contributed by atoms with E-state index in [4.69, 9.17) is 0 Å². The Kier molecular flexibility index (Phi) is 6.75. The molecule has 0 spiro atoms. The van der Waals surface area contributed by atoms with Crippen molar-refractivity contribution in [2.24, 2.45) is 0 Å². The van der Waals surface area contributed by atoms with E-state index in [-0.39, 0.29) is 0 Å². The summed E-state index contributed by atoms with van der Waals surface area (Å²) in [5.41, 5.74) is 0. The maximum absolute atomic E-state index is 2.25. The lowest BCUT2D eigenvalue weighted by Crippen LogP contribution is -1.73. The van der Waals surface area contributed by atoms with Crippen LogP contribution >= 0.6 is 67.8 Å². The molecule has 2 aromatic carbocycles. The molecular weight excluding hydrogens is 433 g/mol. The van der Waals surface area contributed by atoms with E-state index in [0.717, 1.165) is 0 Å². The molecule has 0 radical (unpaired) electrons. The van der Waals surface area contributed by atoms with Gasteiger partial charge in [-0.15, -0.1) is 22.7 Å². The fourth-order valence-electron chi connectivity index (χ4n) is 2.14. The number of hydrogen-bond acceptors (Lipinski definition) is 6. The van der Waals surface area contributed by atoms with E-state index in [0.29, 0.717) is 0 Å². The zero-order chi connectivity index (χ0) is 17.6. The molecule has 0 saturated carbocycles. The number of benzene rings is 2. The number of hydrogen-bond donors (Lipinski definition) is 0. The molecular formula is C20H14S6. The molecule has 0 amide bonds. The lowest BCUT2D eigenvalue weighted by Gasteiger charge is -2.05. The Labute approximate surface area is 178 Å². The predicted molar refractivity (Wildman–Crippen MR) is 121 cm³/mol. The summed E-state index contributed by atoms with van der Waals surface area (Å²) in [4.78, 5) is 7.94. The highest BCUT2D eigenvalue weighted by atomic mass is 33.1. The number of rotatable bonds is 7. The second-order valence-corrected chi connectivity index (χ2v) is 11.1. The van der Waals surface area contributed by atoms with Gasteiger partial charge in [0.2, 0.25) is 0 Å². The van der Waals surface area contributed by atoms with Gasteiger partial charge in [-0.2, -0.15) is 0 Å². The third-order valence-electron chi connectivity index (χ3n) is 3.35. The summed E-state index contributed by atoms with van der Waals surface area (Å²) in [5.74, 6) is 0. The third kappa shape index (κ3) is 4.94. The minimum absolute atomic E-state index is 1.29. The first-order chi connectivity index (χ1) is 12.9. The van der Waals surface area contributed by atoms with Gasteiger partial charge in [-0.1, -0.05) is 81.5 Å². The van der Waals surface area contributed by atoms with Gasteiger partial charge < -0.3 is 0 Å². The molecule has 0 saturated heterocycles. The smallest absolute Gasteiger partial charge is 0.0433 e. The van der Waals surface area contributed by atoms with Gasteiger partial charge in [0.25, 0.3) is 0 Å². The van der Waals surface area contributed by atoms with Gasteiger partial charge in [0.15, 0.2) is 0 Å². The van der Waals surface area contributed by atoms with Crippen molar-refractivity contribution in [3.63, 3.8) is 0 Å². The highest BCUT2D eigenvalue weighted by Gasteiger charge is 2.11. The van der Waals surface area contributed by atoms with Crippen LogP contribution in [0.5, 0.6) is 0 Å². The normalized spacial score (nSPS) is 10.9. The van der Waals surface area contributed by atoms with Crippen LogP contribution in [0.4, 0.5) is 0 Å². The molecule has 0 atom stereocenters. The molecule has 0 bridgehead atoms. The van der Waals surface area contributed by atoms with Gasteiger partial charge in [0.05, 0.1) is 0 Å². The quantitative estimate of drug-likeness (QED) is 0.260. The van der Waals surface area contributed by atoms with Crippen LogP contribution in [0.3, 0.4) is 0 Å². The molecule has 4 rings (SSSR count). The molecule has 0 aliphatic heterocycles. The third-order valence-corrected chi connectivity index (χ3v) is 10.3. The van der Waals surface area contributed by atoms with E-state index in [2.05, 4.69) is 82.2 Å². The topological polar surface area (TPSA) is 0 Å². The Hall–Kier alpha value is -0.760. The standard InChI is InChI=1S/C20H14S6/c1-3-7-15(8-4-1)23-17-11-21-13-19(17)25-26-20-14-22-12-18(20)24-16-9-5-2-6-10-16/h1-14H. The molecule has 0 aliphatic carbocycles. The molecule has 0 N–H and O–H groups in total. The summed E-state index contributed by atoms with van der Waals surface area (Å²) in [6, 6.07) is 21.1. The molecule has 6 heteroatoms. The Morgan fingerprint density at radius 2 is 0.846 bits per heavy atom. The second kappa shape index (κ2) is 9.44. The maximum atomic E-state index is 2.25. The van der Waals surface area contributed by atoms with Gasteiger partial charge in [-0.25, -0.2) is 0 Å². The van der Waals surface area contributed by atoms with Crippen LogP contribution in [0.15, 0.2) is 112 Å². The van der Waals surface area contributed by atoms with Crippen LogP contribution < -0.4 is 0 Å². The van der Waals surface area contributed by atoms with E-state index in [1.807, 2.05) is 45.1 Å². The van der Waals surface area contributed by atoms with E-state index in [9.17, 15) is 0 Å². The van der Waals surface area contributed by atoms with Gasteiger partial charge >= 0.3 is 0 Å². The molecule has 2 aromatic heterocycles. The lowest BCUT2D eigenvalue weighted by atomic mass is 10.4. The first-order valence-electron chi connectivity index (χ1n) is 7.81. The van der Waals surface area contributed by atoms with Gasteiger partial charge in [0, 0.05) is 50.9 Å². The highest BCUT2D eigenvalue weighted by molar-refractivity contribution is 8.76. The summed E-state index contributed by atoms with van der Waals surface area (Å²) in [7, 11) is 3.71. The summed E-state index contributed by atoms with van der Waals surface area (Å²) in [6.45, 7) is 0. The molecule has 0 unspecified atom stereocenters. The summed E-state index contributed by atoms with van der Waals surface area (Å²) >= 11 is 7.22. The summed E-state index contributed by atoms with van der Waals surface area (Å²) < 4.78 is 0. The van der Waals surface area contributed by atoms with Crippen molar-refractivity contribution >= 4 is 67.8 Å². The minimum atomic E-state index is 1.29. The van der Waals surface area contributed by atoms with Crippen LogP contribution in [0.2, 0.25) is 0 Å². The largest absolute Gasteiger partial charge is 0.150 e. The molecule has 130 valence electrons. The van der Waals surface area contributed by atoms with Gasteiger partial charge in [0.1, 0.15) is 0 Å². The summed E-state index contributed by atoms with van der Waals surface area (Å²) in [6.07, 6.45) is 0. The second-order valence-electron chi connectivity index (χ2n) is 5.20. The SMILES string of the molecule is c1ccc(Sc2cscc2SSc2cscc2Sc2ccccc2)cc1. The Morgan fingerprint density at radius 1 is 0.462 bits per heavy atom. The molecule has 0 fully saturated rings. The molecule has 4 aromatic rings. The molecule has 0 nitrogen and oxygen atoms in total. The first kappa shape index (κ1) is 18.6. The van der Waals surface area contributed by atoms with Crippen LogP contribution in [0.1, 0.15) is 0 Å². The van der Waals surface area contributed by atoms with Crippen molar-refractivity contribution in [2.75, 3.05) is 0 Å². The average molecular weight is 447 g/mol. The fraction of sp³-hybridized carbons (Fsp3) is 0. The van der Waals surface area contributed by atoms with Crippen molar-refractivity contribution in [3.8, 4) is 0 Å². The van der Waals surface area contributed by atoms with Crippen LogP contribution in [-0.2, 0) is 0 Å².